The van der Waals surface area contributed by atoms with E-state index in [4.69, 9.17) is 9.47 Å². The van der Waals surface area contributed by atoms with Gasteiger partial charge in [-0.3, -0.25) is 9.69 Å². The van der Waals surface area contributed by atoms with Crippen molar-refractivity contribution in [3.05, 3.63) is 136 Å². The molecule has 1 fully saturated rings. The number of nitrogens with zero attached hydrogens (tertiary/aromatic N) is 1. The van der Waals surface area contributed by atoms with Gasteiger partial charge in [-0.25, -0.2) is 22.0 Å². The Balaban J connectivity index is 1.33. The topological polar surface area (TPSA) is 71.0 Å². The number of halogens is 5. The molecule has 0 radical (unpaired) electrons. The minimum atomic E-state index is -2.35. The van der Waals surface area contributed by atoms with E-state index in [0.717, 1.165) is 16.7 Å². The molecule has 0 saturated carbocycles. The summed E-state index contributed by atoms with van der Waals surface area (Å²) in [5.74, 6) is -12.7. The van der Waals surface area contributed by atoms with Crippen LogP contribution in [0, 0.1) is 29.1 Å². The summed E-state index contributed by atoms with van der Waals surface area (Å²) in [6.45, 7) is 1.22. The largest absolute Gasteiger partial charge is 0.392 e. The number of likely N-dealkylation sites (N-methyl/N-ethyl adjacent to an activating group) is 1. The lowest BCUT2D eigenvalue weighted by atomic mass is 9.99. The third-order valence-corrected chi connectivity index (χ3v) is 7.30. The number of ether oxygens (including phenoxy) is 2. The Bertz CT molecular complexity index is 1570. The molecule has 230 valence electrons. The van der Waals surface area contributed by atoms with Crippen molar-refractivity contribution in [2.75, 3.05) is 18.9 Å². The minimum Gasteiger partial charge on any atom is -0.392 e. The number of rotatable bonds is 9. The quantitative estimate of drug-likeness (QED) is 0.124. The first kappa shape index (κ1) is 31.3. The van der Waals surface area contributed by atoms with Crippen LogP contribution >= 0.6 is 0 Å². The van der Waals surface area contributed by atoms with E-state index in [1.807, 2.05) is 61.6 Å². The zero-order chi connectivity index (χ0) is 31.4. The lowest BCUT2D eigenvalue weighted by Crippen LogP contribution is -2.37. The maximum Gasteiger partial charge on any atom is 0.261 e. The van der Waals surface area contributed by atoms with Crippen molar-refractivity contribution in [3.8, 4) is 0 Å². The van der Waals surface area contributed by atoms with Gasteiger partial charge in [0.05, 0.1) is 18.8 Å². The monoisotopic (exact) mass is 612 g/mol. The minimum absolute atomic E-state index is 0.0498. The molecule has 44 heavy (non-hydrogen) atoms. The molecule has 1 aliphatic heterocycles. The number of nitrogens with one attached hydrogen (secondary N) is 1. The summed E-state index contributed by atoms with van der Waals surface area (Å²) in [6.07, 6.45) is -0.838. The van der Waals surface area contributed by atoms with Gasteiger partial charge >= 0.3 is 0 Å². The van der Waals surface area contributed by atoms with Crippen LogP contribution in [0.5, 0.6) is 0 Å². The fourth-order valence-corrected chi connectivity index (χ4v) is 5.06. The van der Waals surface area contributed by atoms with Gasteiger partial charge in [0.15, 0.2) is 29.6 Å². The summed E-state index contributed by atoms with van der Waals surface area (Å²) in [5.41, 5.74) is 1.86. The van der Waals surface area contributed by atoms with E-state index in [0.29, 0.717) is 25.1 Å². The lowest BCUT2D eigenvalue weighted by Gasteiger charge is -2.38. The molecule has 1 amide bonds. The second-order valence-electron chi connectivity index (χ2n) is 10.6. The summed E-state index contributed by atoms with van der Waals surface area (Å²) in [5, 5.41) is 11.6. The molecule has 11 heteroatoms. The number of aliphatic hydroxyl groups is 1. The van der Waals surface area contributed by atoms with Crippen LogP contribution in [0.1, 0.15) is 51.4 Å². The van der Waals surface area contributed by atoms with Crippen LogP contribution in [-0.2, 0) is 22.6 Å². The number of carbonyl (C=O) groups excluding carboxylic acids is 1. The van der Waals surface area contributed by atoms with Crippen molar-refractivity contribution in [1.29, 1.82) is 0 Å². The van der Waals surface area contributed by atoms with E-state index in [-0.39, 0.29) is 24.5 Å². The van der Waals surface area contributed by atoms with Crippen LogP contribution in [0.3, 0.4) is 0 Å². The lowest BCUT2D eigenvalue weighted by molar-refractivity contribution is -0.252. The highest BCUT2D eigenvalue weighted by Crippen LogP contribution is 2.38. The fourth-order valence-electron chi connectivity index (χ4n) is 5.06. The molecule has 0 bridgehead atoms. The van der Waals surface area contributed by atoms with E-state index in [9.17, 15) is 31.9 Å². The molecular weight excluding hydrogens is 583 g/mol. The number of amides is 1. The third-order valence-electron chi connectivity index (χ3n) is 7.30. The van der Waals surface area contributed by atoms with Crippen molar-refractivity contribution in [2.24, 2.45) is 0 Å². The Morgan fingerprint density at radius 2 is 1.39 bits per heavy atom. The predicted octanol–water partition coefficient (Wildman–Crippen LogP) is 6.80. The van der Waals surface area contributed by atoms with E-state index >= 15 is 0 Å². The molecule has 1 saturated heterocycles. The molecule has 0 aliphatic carbocycles. The van der Waals surface area contributed by atoms with Crippen LogP contribution in [0.2, 0.25) is 0 Å². The zero-order valence-corrected chi connectivity index (χ0v) is 23.6. The first-order chi connectivity index (χ1) is 21.1. The number of hydrogen-bond donors (Lipinski definition) is 2. The highest BCUT2D eigenvalue weighted by molar-refractivity contribution is 6.04. The highest BCUT2D eigenvalue weighted by atomic mass is 19.2. The number of anilines is 1. The number of aliphatic hydroxyl groups excluding tert-OH is 1. The maximum absolute atomic E-state index is 14.1. The van der Waals surface area contributed by atoms with Gasteiger partial charge in [-0.2, -0.15) is 0 Å². The molecule has 0 spiro atoms. The summed E-state index contributed by atoms with van der Waals surface area (Å²) < 4.78 is 81.4. The van der Waals surface area contributed by atoms with Crippen molar-refractivity contribution in [1.82, 2.24) is 4.90 Å². The third kappa shape index (κ3) is 6.97. The smallest absolute Gasteiger partial charge is 0.261 e. The molecule has 4 aromatic rings. The molecule has 0 unspecified atom stereocenters. The molecular formula is C33H29F5N2O4. The molecule has 5 rings (SSSR count). The summed E-state index contributed by atoms with van der Waals surface area (Å²) in [4.78, 5) is 14.6. The van der Waals surface area contributed by atoms with Crippen LogP contribution < -0.4 is 5.32 Å². The first-order valence-corrected chi connectivity index (χ1v) is 13.8. The molecule has 4 aromatic carbocycles. The van der Waals surface area contributed by atoms with Crippen LogP contribution in [0.15, 0.2) is 78.9 Å². The molecule has 2 N–H and O–H groups in total. The molecule has 1 aliphatic rings. The van der Waals surface area contributed by atoms with Crippen molar-refractivity contribution >= 4 is 11.6 Å². The molecule has 0 aromatic heterocycles. The van der Waals surface area contributed by atoms with E-state index < -0.39 is 46.8 Å². The van der Waals surface area contributed by atoms with Gasteiger partial charge in [-0.1, -0.05) is 66.7 Å². The van der Waals surface area contributed by atoms with Crippen molar-refractivity contribution < 1.29 is 41.3 Å². The SMILES string of the molecule is CN(Cc1ccccc1)C[C@H]1C[C@@H](c2ccc(CO)cc2)O[C@@H](c2ccc(NC(=O)c3c(F)c(F)c(F)c(F)c3F)cc2)O1. The van der Waals surface area contributed by atoms with Gasteiger partial charge in [0.2, 0.25) is 5.82 Å². The summed E-state index contributed by atoms with van der Waals surface area (Å²) in [6, 6.07) is 23.4. The summed E-state index contributed by atoms with van der Waals surface area (Å²) in [7, 11) is 1.99. The van der Waals surface area contributed by atoms with Gasteiger partial charge in [0.25, 0.3) is 5.91 Å². The Morgan fingerprint density at radius 3 is 2.00 bits per heavy atom. The second kappa shape index (κ2) is 13.6. The number of benzene rings is 4. The first-order valence-electron chi connectivity index (χ1n) is 13.8. The van der Waals surface area contributed by atoms with Gasteiger partial charge in [0, 0.05) is 30.8 Å². The normalized spacial score (nSPS) is 18.4. The van der Waals surface area contributed by atoms with E-state index in [2.05, 4.69) is 10.2 Å². The maximum atomic E-state index is 14.1. The summed E-state index contributed by atoms with van der Waals surface area (Å²) >= 11 is 0. The van der Waals surface area contributed by atoms with Gasteiger partial charge in [0.1, 0.15) is 5.56 Å². The van der Waals surface area contributed by atoms with Crippen molar-refractivity contribution in [2.45, 2.75) is 38.1 Å². The molecule has 1 heterocycles. The predicted molar refractivity (Wildman–Crippen MR) is 152 cm³/mol. The van der Waals surface area contributed by atoms with Crippen LogP contribution in [0.4, 0.5) is 27.6 Å². The molecule has 6 nitrogen and oxygen atoms in total. The average Bonchev–Trinajstić information content (AvgIpc) is 3.03. The molecule has 3 atom stereocenters. The van der Waals surface area contributed by atoms with Gasteiger partial charge < -0.3 is 19.9 Å². The Morgan fingerprint density at radius 1 is 0.795 bits per heavy atom. The van der Waals surface area contributed by atoms with Crippen molar-refractivity contribution in [3.63, 3.8) is 0 Å². The fraction of sp³-hybridized carbons (Fsp3) is 0.242. The van der Waals surface area contributed by atoms with E-state index in [1.165, 1.54) is 12.1 Å². The number of hydrogen-bond acceptors (Lipinski definition) is 5. The van der Waals surface area contributed by atoms with Crippen LogP contribution in [0.25, 0.3) is 0 Å². The number of carbonyl (C=O) groups is 1. The zero-order valence-electron chi connectivity index (χ0n) is 23.6. The Labute approximate surface area is 250 Å². The van der Waals surface area contributed by atoms with Crippen LogP contribution in [-0.4, -0.2) is 35.6 Å². The standard InChI is InChI=1S/C33H29F5N2O4/c1-40(16-19-5-3-2-4-6-19)17-24-15-25(21-9-7-20(18-41)8-10-21)44-33(43-24)22-11-13-23(14-12-22)39-32(42)26-27(34)29(36)31(38)30(37)28(26)35/h2-14,24-25,33,41H,15-18H2,1H3,(H,39,42)/t24-,25+,33+/m1/s1. The van der Waals surface area contributed by atoms with E-state index in [1.54, 1.807) is 12.1 Å². The van der Waals surface area contributed by atoms with Gasteiger partial charge in [-0.05, 0) is 35.9 Å². The Kier molecular flexibility index (Phi) is 9.70. The van der Waals surface area contributed by atoms with Gasteiger partial charge in [-0.15, -0.1) is 0 Å². The second-order valence-corrected chi connectivity index (χ2v) is 10.6. The Hall–Kier alpha value is -4.16. The average molecular weight is 613 g/mol. The highest BCUT2D eigenvalue weighted by Gasteiger charge is 2.33.